The Bertz CT molecular complexity index is 433. The van der Waals surface area contributed by atoms with Crippen LogP contribution in [0.25, 0.3) is 0 Å². The van der Waals surface area contributed by atoms with Gasteiger partial charge in [0.1, 0.15) is 0 Å². The van der Waals surface area contributed by atoms with E-state index in [0.717, 1.165) is 25.9 Å². The largest absolute Gasteiger partial charge is 0.376 e. The summed E-state index contributed by atoms with van der Waals surface area (Å²) in [6, 6.07) is 8.43. The van der Waals surface area contributed by atoms with E-state index in [0.29, 0.717) is 19.8 Å². The van der Waals surface area contributed by atoms with Gasteiger partial charge in [0, 0.05) is 19.6 Å². The van der Waals surface area contributed by atoms with Crippen molar-refractivity contribution in [2.45, 2.75) is 12.8 Å². The van der Waals surface area contributed by atoms with Crippen LogP contribution in [-0.2, 0) is 17.6 Å². The lowest BCUT2D eigenvalue weighted by Crippen LogP contribution is -2.42. The quantitative estimate of drug-likeness (QED) is 0.659. The number of carbonyl (C=O) groups excluding carboxylic acids is 1. The standard InChI is InChI=1S/C16H22N2O2/c1-2-12-20-13-9-17-16(19)18-10-7-14-5-3-4-6-15(14)8-11-18/h2-6H,1,7-13H2,(H,17,19). The van der Waals surface area contributed by atoms with Crippen molar-refractivity contribution < 1.29 is 9.53 Å². The smallest absolute Gasteiger partial charge is 0.317 e. The molecule has 1 N–H and O–H groups in total. The van der Waals surface area contributed by atoms with Gasteiger partial charge < -0.3 is 15.0 Å². The summed E-state index contributed by atoms with van der Waals surface area (Å²) in [5.41, 5.74) is 2.72. The summed E-state index contributed by atoms with van der Waals surface area (Å²) in [5.74, 6) is 0. The zero-order valence-electron chi connectivity index (χ0n) is 11.8. The Hall–Kier alpha value is -1.81. The van der Waals surface area contributed by atoms with Crippen molar-refractivity contribution >= 4 is 6.03 Å². The third-order valence-corrected chi connectivity index (χ3v) is 3.47. The summed E-state index contributed by atoms with van der Waals surface area (Å²) >= 11 is 0. The van der Waals surface area contributed by atoms with Crippen molar-refractivity contribution in [1.82, 2.24) is 10.2 Å². The lowest BCUT2D eigenvalue weighted by Gasteiger charge is -2.20. The van der Waals surface area contributed by atoms with E-state index >= 15 is 0 Å². The number of urea groups is 1. The fourth-order valence-corrected chi connectivity index (χ4v) is 2.38. The van der Waals surface area contributed by atoms with Crippen molar-refractivity contribution in [3.63, 3.8) is 0 Å². The highest BCUT2D eigenvalue weighted by Crippen LogP contribution is 2.15. The zero-order valence-corrected chi connectivity index (χ0v) is 11.8. The van der Waals surface area contributed by atoms with Crippen molar-refractivity contribution in [2.24, 2.45) is 0 Å². The van der Waals surface area contributed by atoms with Crippen LogP contribution in [-0.4, -0.2) is 43.8 Å². The number of ether oxygens (including phenoxy) is 1. The minimum absolute atomic E-state index is 0.00000850. The van der Waals surface area contributed by atoms with E-state index in [2.05, 4.69) is 36.2 Å². The first-order chi connectivity index (χ1) is 9.81. The van der Waals surface area contributed by atoms with Gasteiger partial charge in [-0.1, -0.05) is 30.3 Å². The Morgan fingerprint density at radius 3 is 2.55 bits per heavy atom. The van der Waals surface area contributed by atoms with Crippen LogP contribution in [0.2, 0.25) is 0 Å². The third kappa shape index (κ3) is 4.10. The molecule has 0 spiro atoms. The maximum atomic E-state index is 12.1. The average Bonchev–Trinajstić information content (AvgIpc) is 2.69. The van der Waals surface area contributed by atoms with Crippen molar-refractivity contribution in [2.75, 3.05) is 32.8 Å². The van der Waals surface area contributed by atoms with Crippen molar-refractivity contribution in [3.05, 3.63) is 48.0 Å². The second kappa shape index (κ2) is 7.70. The Labute approximate surface area is 120 Å². The van der Waals surface area contributed by atoms with Gasteiger partial charge in [0.2, 0.25) is 0 Å². The minimum Gasteiger partial charge on any atom is -0.376 e. The highest BCUT2D eigenvalue weighted by molar-refractivity contribution is 5.74. The van der Waals surface area contributed by atoms with Gasteiger partial charge in [-0.05, 0) is 24.0 Å². The topological polar surface area (TPSA) is 41.6 Å². The summed E-state index contributed by atoms with van der Waals surface area (Å²) < 4.78 is 5.24. The molecule has 4 heteroatoms. The number of nitrogens with zero attached hydrogens (tertiary/aromatic N) is 1. The molecule has 0 aliphatic carbocycles. The molecule has 1 aliphatic rings. The number of fused-ring (bicyclic) bond motifs is 1. The van der Waals surface area contributed by atoms with E-state index in [9.17, 15) is 4.79 Å². The van der Waals surface area contributed by atoms with Gasteiger partial charge in [-0.3, -0.25) is 0 Å². The Morgan fingerprint density at radius 2 is 1.95 bits per heavy atom. The number of carbonyl (C=O) groups is 1. The molecule has 2 rings (SSSR count). The third-order valence-electron chi connectivity index (χ3n) is 3.47. The maximum Gasteiger partial charge on any atom is 0.317 e. The number of hydrogen-bond donors (Lipinski definition) is 1. The monoisotopic (exact) mass is 274 g/mol. The van der Waals surface area contributed by atoms with Gasteiger partial charge in [0.25, 0.3) is 0 Å². The summed E-state index contributed by atoms with van der Waals surface area (Å²) in [5, 5.41) is 2.89. The lowest BCUT2D eigenvalue weighted by atomic mass is 10.0. The molecule has 0 atom stereocenters. The van der Waals surface area contributed by atoms with Crippen LogP contribution < -0.4 is 5.32 Å². The lowest BCUT2D eigenvalue weighted by molar-refractivity contribution is 0.158. The zero-order chi connectivity index (χ0) is 14.2. The Balaban J connectivity index is 1.77. The molecule has 0 bridgehead atoms. The summed E-state index contributed by atoms with van der Waals surface area (Å²) in [4.78, 5) is 14.0. The van der Waals surface area contributed by atoms with E-state index in [-0.39, 0.29) is 6.03 Å². The molecule has 0 unspecified atom stereocenters. The number of benzene rings is 1. The average molecular weight is 274 g/mol. The van der Waals surface area contributed by atoms with Crippen molar-refractivity contribution in [1.29, 1.82) is 0 Å². The number of nitrogens with one attached hydrogen (secondary N) is 1. The number of hydrogen-bond acceptors (Lipinski definition) is 2. The molecule has 1 aromatic rings. The Morgan fingerprint density at radius 1 is 1.30 bits per heavy atom. The molecule has 1 heterocycles. The van der Waals surface area contributed by atoms with Crippen LogP contribution in [0.1, 0.15) is 11.1 Å². The van der Waals surface area contributed by atoms with Gasteiger partial charge >= 0.3 is 6.03 Å². The molecule has 0 saturated carbocycles. The fraction of sp³-hybridized carbons (Fsp3) is 0.438. The van der Waals surface area contributed by atoms with Crippen LogP contribution in [0.3, 0.4) is 0 Å². The van der Waals surface area contributed by atoms with E-state index < -0.39 is 0 Å². The van der Waals surface area contributed by atoms with Gasteiger partial charge in [0.15, 0.2) is 0 Å². The molecular formula is C16H22N2O2. The summed E-state index contributed by atoms with van der Waals surface area (Å²) in [7, 11) is 0. The molecule has 0 aromatic heterocycles. The van der Waals surface area contributed by atoms with Crippen LogP contribution >= 0.6 is 0 Å². The van der Waals surface area contributed by atoms with E-state index in [4.69, 9.17) is 4.74 Å². The van der Waals surface area contributed by atoms with Crippen LogP contribution in [0.5, 0.6) is 0 Å². The maximum absolute atomic E-state index is 12.1. The van der Waals surface area contributed by atoms with Crippen LogP contribution in [0, 0.1) is 0 Å². The molecule has 108 valence electrons. The number of rotatable bonds is 5. The van der Waals surface area contributed by atoms with Gasteiger partial charge in [-0.15, -0.1) is 6.58 Å². The normalized spacial score (nSPS) is 14.3. The second-order valence-corrected chi connectivity index (χ2v) is 4.85. The fourth-order valence-electron chi connectivity index (χ4n) is 2.38. The van der Waals surface area contributed by atoms with Gasteiger partial charge in [0.05, 0.1) is 13.2 Å². The van der Waals surface area contributed by atoms with Crippen LogP contribution in [0.4, 0.5) is 4.79 Å². The van der Waals surface area contributed by atoms with Crippen molar-refractivity contribution in [3.8, 4) is 0 Å². The number of amides is 2. The first kappa shape index (κ1) is 14.6. The minimum atomic E-state index is 0.00000850. The van der Waals surface area contributed by atoms with Gasteiger partial charge in [-0.2, -0.15) is 0 Å². The first-order valence-electron chi connectivity index (χ1n) is 7.09. The van der Waals surface area contributed by atoms with E-state index in [1.807, 2.05) is 4.90 Å². The molecule has 4 nitrogen and oxygen atoms in total. The predicted molar refractivity (Wildman–Crippen MR) is 79.8 cm³/mol. The summed E-state index contributed by atoms with van der Waals surface area (Å²) in [6.45, 7) is 6.70. The van der Waals surface area contributed by atoms with E-state index in [1.54, 1.807) is 6.08 Å². The molecular weight excluding hydrogens is 252 g/mol. The second-order valence-electron chi connectivity index (χ2n) is 4.85. The SMILES string of the molecule is C=CCOCCNC(=O)N1CCc2ccccc2CC1. The highest BCUT2D eigenvalue weighted by atomic mass is 16.5. The highest BCUT2D eigenvalue weighted by Gasteiger charge is 2.17. The first-order valence-corrected chi connectivity index (χ1v) is 7.09. The molecule has 20 heavy (non-hydrogen) atoms. The molecule has 0 radical (unpaired) electrons. The molecule has 0 fully saturated rings. The summed E-state index contributed by atoms with van der Waals surface area (Å²) in [6.07, 6.45) is 3.56. The van der Waals surface area contributed by atoms with Crippen LogP contribution in [0.15, 0.2) is 36.9 Å². The Kier molecular flexibility index (Phi) is 5.62. The molecule has 2 amide bonds. The van der Waals surface area contributed by atoms with E-state index in [1.165, 1.54) is 11.1 Å². The molecule has 1 aromatic carbocycles. The molecule has 0 saturated heterocycles. The van der Waals surface area contributed by atoms with Gasteiger partial charge in [-0.25, -0.2) is 4.79 Å². The predicted octanol–water partition coefficient (Wildman–Crippen LogP) is 2.00. The molecule has 1 aliphatic heterocycles.